The number of hydrogen-bond donors (Lipinski definition) is 4. The first-order valence-electron chi connectivity index (χ1n) is 15.5. The molecule has 2 heterocycles. The predicted molar refractivity (Wildman–Crippen MR) is 165 cm³/mol. The molecule has 2 fully saturated rings. The number of likely N-dealkylation sites (tertiary alicyclic amines) is 1. The lowest BCUT2D eigenvalue weighted by atomic mass is 9.64. The van der Waals surface area contributed by atoms with E-state index in [9.17, 15) is 14.4 Å². The predicted octanol–water partition coefficient (Wildman–Crippen LogP) is 2.37. The van der Waals surface area contributed by atoms with Gasteiger partial charge in [0, 0.05) is 43.9 Å². The standard InChI is InChI=1S/C33H42N8O3/c1-32(2,3)27(36-18-28(42)41-13-12-21-16-26(21)41)17-33(31-37-39-40-38-31)24-10-8-22(29(43)34-4)14-19(24)6-7-20-15-23(30(44)35-5)9-11-25(20)33/h8-11,14-15,21,26-27,36H,6-7,12-13,16-18H2,1-5H3,(H,34,43)(H,35,44)(H,37,38,39,40)/t21-,26+,27+/m1/s1. The van der Waals surface area contributed by atoms with Crippen LogP contribution in [0.2, 0.25) is 0 Å². The molecule has 44 heavy (non-hydrogen) atoms. The average Bonchev–Trinajstić information content (AvgIpc) is 3.39. The fraction of sp³-hybridized carbons (Fsp3) is 0.515. The smallest absolute Gasteiger partial charge is 0.251 e. The highest BCUT2D eigenvalue weighted by Crippen LogP contribution is 2.49. The Labute approximate surface area is 257 Å². The van der Waals surface area contributed by atoms with Crippen molar-refractivity contribution in [2.75, 3.05) is 27.2 Å². The molecule has 3 aromatic rings. The van der Waals surface area contributed by atoms with Gasteiger partial charge in [-0.2, -0.15) is 0 Å². The third-order valence-electron chi connectivity index (χ3n) is 9.92. The number of carbonyl (C=O) groups excluding carboxylic acids is 3. The van der Waals surface area contributed by atoms with Crippen LogP contribution in [-0.2, 0) is 23.1 Å². The summed E-state index contributed by atoms with van der Waals surface area (Å²) in [6.45, 7) is 7.62. The van der Waals surface area contributed by atoms with E-state index in [1.807, 2.05) is 41.3 Å². The molecule has 11 nitrogen and oxygen atoms in total. The Kier molecular flexibility index (Phi) is 7.77. The molecule has 2 aromatic carbocycles. The van der Waals surface area contributed by atoms with Gasteiger partial charge in [-0.3, -0.25) is 14.4 Å². The summed E-state index contributed by atoms with van der Waals surface area (Å²) < 4.78 is 0. The summed E-state index contributed by atoms with van der Waals surface area (Å²) in [5.74, 6) is 1.08. The highest BCUT2D eigenvalue weighted by molar-refractivity contribution is 5.95. The maximum atomic E-state index is 13.4. The molecule has 1 saturated heterocycles. The van der Waals surface area contributed by atoms with Gasteiger partial charge in [0.2, 0.25) is 5.91 Å². The van der Waals surface area contributed by atoms with E-state index in [0.29, 0.717) is 48.2 Å². The summed E-state index contributed by atoms with van der Waals surface area (Å²) in [7, 11) is 3.25. The minimum absolute atomic E-state index is 0.134. The fourth-order valence-electron chi connectivity index (χ4n) is 7.34. The van der Waals surface area contributed by atoms with E-state index in [0.717, 1.165) is 41.6 Å². The number of hydrogen-bond acceptors (Lipinski definition) is 7. The van der Waals surface area contributed by atoms with Crippen LogP contribution < -0.4 is 16.0 Å². The van der Waals surface area contributed by atoms with E-state index in [1.54, 1.807) is 14.1 Å². The topological polar surface area (TPSA) is 145 Å². The van der Waals surface area contributed by atoms with Gasteiger partial charge < -0.3 is 20.9 Å². The zero-order valence-corrected chi connectivity index (χ0v) is 26.2. The second-order valence-corrected chi connectivity index (χ2v) is 13.5. The van der Waals surface area contributed by atoms with Crippen molar-refractivity contribution in [1.29, 1.82) is 0 Å². The SMILES string of the molecule is CNC(=O)c1ccc2c(c1)CCc1cc(C(=O)NC)ccc1C2(C[C@H](NCC(=O)N1CC[C@@H]2C[C@@H]21)C(C)(C)C)c1nnn[nH]1. The molecule has 232 valence electrons. The number of aryl methyl sites for hydroxylation is 2. The molecule has 6 rings (SSSR count). The zero-order chi connectivity index (χ0) is 31.2. The van der Waals surface area contributed by atoms with Crippen molar-refractivity contribution in [2.45, 2.75) is 70.4 Å². The summed E-state index contributed by atoms with van der Waals surface area (Å²) in [6.07, 6.45) is 4.09. The Morgan fingerprint density at radius 2 is 1.61 bits per heavy atom. The van der Waals surface area contributed by atoms with Crippen molar-refractivity contribution in [2.24, 2.45) is 11.3 Å². The molecule has 4 N–H and O–H groups in total. The quantitative estimate of drug-likeness (QED) is 0.312. The lowest BCUT2D eigenvalue weighted by molar-refractivity contribution is -0.130. The molecule has 1 aromatic heterocycles. The number of rotatable bonds is 8. The highest BCUT2D eigenvalue weighted by Gasteiger charge is 2.50. The van der Waals surface area contributed by atoms with Crippen molar-refractivity contribution in [3.8, 4) is 0 Å². The first kappa shape index (κ1) is 29.9. The van der Waals surface area contributed by atoms with Gasteiger partial charge in [0.15, 0.2) is 5.82 Å². The Morgan fingerprint density at radius 3 is 2.07 bits per heavy atom. The number of piperidine rings is 1. The van der Waals surface area contributed by atoms with Crippen molar-refractivity contribution in [3.63, 3.8) is 0 Å². The van der Waals surface area contributed by atoms with Crippen LogP contribution in [0.1, 0.15) is 88.8 Å². The first-order chi connectivity index (χ1) is 21.1. The van der Waals surface area contributed by atoms with Crippen molar-refractivity contribution in [3.05, 3.63) is 75.6 Å². The number of nitrogens with one attached hydrogen (secondary N) is 4. The minimum atomic E-state index is -0.865. The zero-order valence-electron chi connectivity index (χ0n) is 26.2. The molecule has 1 aliphatic heterocycles. The lowest BCUT2D eigenvalue weighted by Crippen LogP contribution is -2.50. The van der Waals surface area contributed by atoms with Crippen LogP contribution in [-0.4, -0.2) is 82.5 Å². The van der Waals surface area contributed by atoms with E-state index in [-0.39, 0.29) is 35.7 Å². The fourth-order valence-corrected chi connectivity index (χ4v) is 7.34. The van der Waals surface area contributed by atoms with Gasteiger partial charge in [-0.15, -0.1) is 5.10 Å². The van der Waals surface area contributed by atoms with Gasteiger partial charge in [0.25, 0.3) is 11.8 Å². The van der Waals surface area contributed by atoms with Crippen LogP contribution in [0.5, 0.6) is 0 Å². The van der Waals surface area contributed by atoms with Crippen molar-refractivity contribution >= 4 is 17.7 Å². The number of aromatic nitrogens is 4. The molecule has 3 amide bonds. The van der Waals surface area contributed by atoms with Crippen LogP contribution in [0.15, 0.2) is 36.4 Å². The highest BCUT2D eigenvalue weighted by atomic mass is 16.2. The first-order valence-corrected chi connectivity index (χ1v) is 15.5. The van der Waals surface area contributed by atoms with E-state index < -0.39 is 5.41 Å². The largest absolute Gasteiger partial charge is 0.355 e. The summed E-state index contributed by atoms with van der Waals surface area (Å²) in [6, 6.07) is 11.9. The van der Waals surface area contributed by atoms with Gasteiger partial charge in [0.1, 0.15) is 0 Å². The molecule has 3 atom stereocenters. The Bertz CT molecular complexity index is 1510. The maximum Gasteiger partial charge on any atom is 0.251 e. The van der Waals surface area contributed by atoms with Crippen LogP contribution in [0.4, 0.5) is 0 Å². The minimum Gasteiger partial charge on any atom is -0.355 e. The van der Waals surface area contributed by atoms with Gasteiger partial charge >= 0.3 is 0 Å². The molecule has 0 radical (unpaired) electrons. The van der Waals surface area contributed by atoms with Crippen LogP contribution in [0.25, 0.3) is 0 Å². The number of carbonyl (C=O) groups is 3. The average molecular weight is 599 g/mol. The number of fused-ring (bicyclic) bond motifs is 3. The van der Waals surface area contributed by atoms with E-state index in [2.05, 4.69) is 57.3 Å². The number of tetrazole rings is 1. The van der Waals surface area contributed by atoms with Crippen molar-refractivity contribution in [1.82, 2.24) is 41.5 Å². The molecule has 0 bridgehead atoms. The molecule has 1 saturated carbocycles. The third-order valence-corrected chi connectivity index (χ3v) is 9.92. The van der Waals surface area contributed by atoms with Crippen molar-refractivity contribution < 1.29 is 14.4 Å². The number of nitrogens with zero attached hydrogens (tertiary/aromatic N) is 4. The molecule has 0 spiro atoms. The second kappa shape index (κ2) is 11.4. The molecule has 11 heteroatoms. The summed E-state index contributed by atoms with van der Waals surface area (Å²) >= 11 is 0. The van der Waals surface area contributed by atoms with Gasteiger partial charge in [-0.25, -0.2) is 5.10 Å². The Morgan fingerprint density at radius 1 is 1.00 bits per heavy atom. The van der Waals surface area contributed by atoms with Gasteiger partial charge in [0.05, 0.1) is 12.0 Å². The number of benzene rings is 2. The molecular formula is C33H42N8O3. The van der Waals surface area contributed by atoms with E-state index >= 15 is 0 Å². The van der Waals surface area contributed by atoms with E-state index in [1.165, 1.54) is 0 Å². The van der Waals surface area contributed by atoms with Gasteiger partial charge in [-0.1, -0.05) is 32.9 Å². The molecular weight excluding hydrogens is 556 g/mol. The molecule has 0 unspecified atom stereocenters. The Hall–Kier alpha value is -4.12. The normalized spacial score (nSPS) is 20.5. The van der Waals surface area contributed by atoms with Crippen LogP contribution in [0.3, 0.4) is 0 Å². The lowest BCUT2D eigenvalue weighted by Gasteiger charge is -2.42. The van der Waals surface area contributed by atoms with Gasteiger partial charge in [-0.05, 0) is 100 Å². The summed E-state index contributed by atoms with van der Waals surface area (Å²) in [4.78, 5) is 40.8. The monoisotopic (exact) mass is 598 g/mol. The number of amides is 3. The van der Waals surface area contributed by atoms with Crippen LogP contribution >= 0.6 is 0 Å². The molecule has 3 aliphatic rings. The second-order valence-electron chi connectivity index (χ2n) is 13.5. The Balaban J connectivity index is 1.49. The van der Waals surface area contributed by atoms with E-state index in [4.69, 9.17) is 0 Å². The third kappa shape index (κ3) is 5.27. The van der Waals surface area contributed by atoms with Crippen LogP contribution in [0, 0.1) is 11.3 Å². The summed E-state index contributed by atoms with van der Waals surface area (Å²) in [5, 5.41) is 24.8. The summed E-state index contributed by atoms with van der Waals surface area (Å²) in [5.41, 5.74) is 4.07. The maximum absolute atomic E-state index is 13.4. The molecule has 2 aliphatic carbocycles. The number of aromatic amines is 1. The number of H-pyrrole nitrogens is 1.